The highest BCUT2D eigenvalue weighted by Crippen LogP contribution is 2.50. The summed E-state index contributed by atoms with van der Waals surface area (Å²) in [7, 11) is -3.10. The Morgan fingerprint density at radius 1 is 1.35 bits per heavy atom. The SMILES string of the molecule is CS(=O)(=O)CC1(c2ccccc2C(=O)O)CC1. The number of sulfone groups is 1. The molecule has 0 amide bonds. The zero-order valence-corrected chi connectivity index (χ0v) is 10.3. The first-order valence-corrected chi connectivity index (χ1v) is 7.41. The maximum atomic E-state index is 11.4. The Morgan fingerprint density at radius 2 is 1.94 bits per heavy atom. The summed E-state index contributed by atoms with van der Waals surface area (Å²) in [6.45, 7) is 0. The van der Waals surface area contributed by atoms with Crippen LogP contribution in [-0.4, -0.2) is 31.5 Å². The van der Waals surface area contributed by atoms with Gasteiger partial charge >= 0.3 is 5.97 Å². The molecule has 0 unspecified atom stereocenters. The van der Waals surface area contributed by atoms with Gasteiger partial charge in [-0.05, 0) is 24.5 Å². The summed E-state index contributed by atoms with van der Waals surface area (Å²) in [4.78, 5) is 11.1. The first kappa shape index (κ1) is 12.1. The van der Waals surface area contributed by atoms with Crippen molar-refractivity contribution in [3.05, 3.63) is 35.4 Å². The lowest BCUT2D eigenvalue weighted by Gasteiger charge is -2.16. The van der Waals surface area contributed by atoms with Crippen LogP contribution in [0.2, 0.25) is 0 Å². The number of carboxylic acid groups (broad SMARTS) is 1. The minimum Gasteiger partial charge on any atom is -0.478 e. The van der Waals surface area contributed by atoms with Crippen molar-refractivity contribution in [3.63, 3.8) is 0 Å². The second-order valence-electron chi connectivity index (χ2n) is 4.70. The van der Waals surface area contributed by atoms with E-state index in [4.69, 9.17) is 5.11 Å². The number of rotatable bonds is 4. The van der Waals surface area contributed by atoms with E-state index >= 15 is 0 Å². The van der Waals surface area contributed by atoms with Gasteiger partial charge in [-0.25, -0.2) is 13.2 Å². The van der Waals surface area contributed by atoms with Crippen LogP contribution in [0.4, 0.5) is 0 Å². The molecule has 1 aliphatic carbocycles. The topological polar surface area (TPSA) is 71.4 Å². The van der Waals surface area contributed by atoms with E-state index in [2.05, 4.69) is 0 Å². The van der Waals surface area contributed by atoms with Crippen molar-refractivity contribution >= 4 is 15.8 Å². The van der Waals surface area contributed by atoms with Gasteiger partial charge in [-0.1, -0.05) is 18.2 Å². The Balaban J connectivity index is 2.44. The average Bonchev–Trinajstić information content (AvgIpc) is 2.96. The van der Waals surface area contributed by atoms with E-state index in [1.165, 1.54) is 12.3 Å². The summed E-state index contributed by atoms with van der Waals surface area (Å²) in [5.41, 5.74) is 0.398. The number of aromatic carboxylic acids is 1. The van der Waals surface area contributed by atoms with E-state index in [0.29, 0.717) is 5.56 Å². The first-order valence-electron chi connectivity index (χ1n) is 5.35. The van der Waals surface area contributed by atoms with Crippen LogP contribution in [-0.2, 0) is 15.3 Å². The molecule has 1 N–H and O–H groups in total. The van der Waals surface area contributed by atoms with E-state index in [-0.39, 0.29) is 11.3 Å². The predicted molar refractivity (Wildman–Crippen MR) is 64.0 cm³/mol. The molecular formula is C12H14O4S. The molecule has 1 aliphatic rings. The van der Waals surface area contributed by atoms with Crippen LogP contribution in [0.15, 0.2) is 24.3 Å². The van der Waals surface area contributed by atoms with E-state index < -0.39 is 21.2 Å². The molecule has 0 saturated heterocycles. The smallest absolute Gasteiger partial charge is 0.335 e. The standard InChI is InChI=1S/C12H14O4S/c1-17(15,16)8-12(6-7-12)10-5-3-2-4-9(10)11(13)14/h2-5H,6-8H2,1H3,(H,13,14). The monoisotopic (exact) mass is 254 g/mol. The summed E-state index contributed by atoms with van der Waals surface area (Å²) in [5.74, 6) is -0.968. The molecule has 2 rings (SSSR count). The van der Waals surface area contributed by atoms with Gasteiger partial charge in [0.25, 0.3) is 0 Å². The third-order valence-corrected chi connectivity index (χ3v) is 4.20. The minimum absolute atomic E-state index is 0.0320. The van der Waals surface area contributed by atoms with Gasteiger partial charge in [0, 0.05) is 11.7 Å². The number of carboxylic acids is 1. The normalized spacial score (nSPS) is 17.7. The maximum Gasteiger partial charge on any atom is 0.335 e. The summed E-state index contributed by atoms with van der Waals surface area (Å²) in [6, 6.07) is 6.66. The zero-order valence-electron chi connectivity index (χ0n) is 9.51. The lowest BCUT2D eigenvalue weighted by molar-refractivity contribution is 0.0695. The average molecular weight is 254 g/mol. The van der Waals surface area contributed by atoms with Gasteiger partial charge in [0.15, 0.2) is 0 Å². The van der Waals surface area contributed by atoms with Crippen LogP contribution in [0, 0.1) is 0 Å². The van der Waals surface area contributed by atoms with Crippen molar-refractivity contribution in [2.75, 3.05) is 12.0 Å². The molecule has 0 spiro atoms. The quantitative estimate of drug-likeness (QED) is 0.883. The molecule has 1 saturated carbocycles. The van der Waals surface area contributed by atoms with Crippen molar-refractivity contribution in [1.29, 1.82) is 0 Å². The van der Waals surface area contributed by atoms with Gasteiger partial charge in [-0.15, -0.1) is 0 Å². The molecule has 0 aliphatic heterocycles. The summed E-state index contributed by atoms with van der Waals surface area (Å²) in [6.07, 6.45) is 2.67. The Labute approximate surface area is 100 Å². The third-order valence-electron chi connectivity index (χ3n) is 3.12. The molecule has 1 aromatic rings. The lowest BCUT2D eigenvalue weighted by Crippen LogP contribution is -2.22. The number of carbonyl (C=O) groups is 1. The molecule has 1 fully saturated rings. The van der Waals surface area contributed by atoms with E-state index in [9.17, 15) is 13.2 Å². The molecule has 0 bridgehead atoms. The molecule has 4 nitrogen and oxygen atoms in total. The van der Waals surface area contributed by atoms with Crippen LogP contribution in [0.1, 0.15) is 28.8 Å². The number of hydrogen-bond donors (Lipinski definition) is 1. The highest BCUT2D eigenvalue weighted by Gasteiger charge is 2.48. The Hall–Kier alpha value is -1.36. The molecule has 92 valence electrons. The van der Waals surface area contributed by atoms with Crippen molar-refractivity contribution in [3.8, 4) is 0 Å². The number of benzene rings is 1. The largest absolute Gasteiger partial charge is 0.478 e. The van der Waals surface area contributed by atoms with Crippen LogP contribution < -0.4 is 0 Å². The van der Waals surface area contributed by atoms with Crippen molar-refractivity contribution in [1.82, 2.24) is 0 Å². The molecule has 17 heavy (non-hydrogen) atoms. The fourth-order valence-electron chi connectivity index (χ4n) is 2.28. The second-order valence-corrected chi connectivity index (χ2v) is 6.84. The second kappa shape index (κ2) is 3.84. The highest BCUT2D eigenvalue weighted by molar-refractivity contribution is 7.90. The molecule has 0 heterocycles. The summed E-state index contributed by atoms with van der Waals surface area (Å²) >= 11 is 0. The van der Waals surface area contributed by atoms with Crippen LogP contribution in [0.5, 0.6) is 0 Å². The highest BCUT2D eigenvalue weighted by atomic mass is 32.2. The van der Waals surface area contributed by atoms with Crippen LogP contribution in [0.25, 0.3) is 0 Å². The van der Waals surface area contributed by atoms with Gasteiger partial charge in [-0.3, -0.25) is 0 Å². The Bertz CT molecular complexity index is 556. The van der Waals surface area contributed by atoms with Crippen molar-refractivity contribution in [2.45, 2.75) is 18.3 Å². The predicted octanol–water partition coefficient (Wildman–Crippen LogP) is 1.46. The van der Waals surface area contributed by atoms with E-state index in [1.807, 2.05) is 0 Å². The Kier molecular flexibility index (Phi) is 2.73. The molecular weight excluding hydrogens is 240 g/mol. The van der Waals surface area contributed by atoms with Gasteiger partial charge < -0.3 is 5.11 Å². The van der Waals surface area contributed by atoms with Gasteiger partial charge in [0.05, 0.1) is 11.3 Å². The first-order chi connectivity index (χ1) is 7.84. The fraction of sp³-hybridized carbons (Fsp3) is 0.417. The molecule has 0 radical (unpaired) electrons. The molecule has 0 aromatic heterocycles. The maximum absolute atomic E-state index is 11.4. The van der Waals surface area contributed by atoms with Gasteiger partial charge in [0.1, 0.15) is 9.84 Å². The minimum atomic E-state index is -3.10. The lowest BCUT2D eigenvalue weighted by atomic mass is 9.93. The Morgan fingerprint density at radius 3 is 2.41 bits per heavy atom. The van der Waals surface area contributed by atoms with Gasteiger partial charge in [-0.2, -0.15) is 0 Å². The number of hydrogen-bond acceptors (Lipinski definition) is 3. The fourth-order valence-corrected chi connectivity index (χ4v) is 3.72. The van der Waals surface area contributed by atoms with E-state index in [0.717, 1.165) is 12.8 Å². The molecule has 5 heteroatoms. The molecule has 0 atom stereocenters. The van der Waals surface area contributed by atoms with Gasteiger partial charge in [0.2, 0.25) is 0 Å². The van der Waals surface area contributed by atoms with Crippen LogP contribution in [0.3, 0.4) is 0 Å². The third kappa shape index (κ3) is 2.49. The zero-order chi connectivity index (χ0) is 12.7. The summed E-state index contributed by atoms with van der Waals surface area (Å²) in [5, 5.41) is 9.11. The summed E-state index contributed by atoms with van der Waals surface area (Å²) < 4.78 is 22.8. The van der Waals surface area contributed by atoms with Crippen LogP contribution >= 0.6 is 0 Å². The molecule has 1 aromatic carbocycles. The van der Waals surface area contributed by atoms with Crippen molar-refractivity contribution in [2.24, 2.45) is 0 Å². The van der Waals surface area contributed by atoms with E-state index in [1.54, 1.807) is 18.2 Å². The van der Waals surface area contributed by atoms with Crippen molar-refractivity contribution < 1.29 is 18.3 Å².